The number of allylic oxidation sites excluding steroid dienone is 2. The molecule has 0 aromatic heterocycles. The second-order valence-electron chi connectivity index (χ2n) is 19.4. The van der Waals surface area contributed by atoms with Gasteiger partial charge in [-0.05, 0) is 122 Å². The van der Waals surface area contributed by atoms with Gasteiger partial charge in [-0.2, -0.15) is 0 Å². The molecular weight excluding hydrogens is 682 g/mol. The van der Waals surface area contributed by atoms with Gasteiger partial charge in [0.05, 0.1) is 19.6 Å². The topological polar surface area (TPSA) is 125 Å². The van der Waals surface area contributed by atoms with Crippen LogP contribution in [-0.2, 0) is 44.8 Å². The summed E-state index contributed by atoms with van der Waals surface area (Å²) in [5, 5.41) is 2.93. The summed E-state index contributed by atoms with van der Waals surface area (Å²) in [4.78, 5) is 67.3. The molecule has 1 aromatic carbocycles. The van der Waals surface area contributed by atoms with Crippen molar-refractivity contribution in [3.05, 3.63) is 47.5 Å². The quantitative estimate of drug-likeness (QED) is 0.200. The van der Waals surface area contributed by atoms with Gasteiger partial charge in [-0.1, -0.05) is 77.4 Å². The van der Waals surface area contributed by atoms with Crippen LogP contribution < -0.4 is 5.32 Å². The van der Waals surface area contributed by atoms with Crippen molar-refractivity contribution in [1.29, 1.82) is 0 Å². The Morgan fingerprint density at radius 2 is 1.54 bits per heavy atom. The second-order valence-corrected chi connectivity index (χ2v) is 19.4. The first kappa shape index (κ1) is 40.2. The minimum atomic E-state index is -0.951. The van der Waals surface area contributed by atoms with Crippen molar-refractivity contribution in [2.24, 2.45) is 56.2 Å². The van der Waals surface area contributed by atoms with Crippen molar-refractivity contribution in [2.75, 3.05) is 14.2 Å². The lowest BCUT2D eigenvalue weighted by Crippen LogP contribution is -2.66. The van der Waals surface area contributed by atoms with Crippen LogP contribution in [-0.4, -0.2) is 49.9 Å². The minimum absolute atomic E-state index is 0.0143. The van der Waals surface area contributed by atoms with Crippen molar-refractivity contribution >= 4 is 29.6 Å². The molecule has 296 valence electrons. The van der Waals surface area contributed by atoms with E-state index in [2.05, 4.69) is 53.8 Å². The standard InChI is InChI=1S/C45H63NO8/c1-40(2)29(37(49)46-32(38(50)53-9)15-16-35(48)52-8)17-19-43(5)34(40)18-20-45(7)36(43)33(47)25-30-31-26-42(4,22-21-41(31,3)23-24-44(30,45)6)39(51)54-27-28-13-11-10-12-14-28/h10-14,25,29,31-32,34,36H,15-24,26-27H2,1-9H3,(H,46,49)/t29-,31+,32+,34+,36-,41-,42+,43+,44-,45-/m1/s1. The van der Waals surface area contributed by atoms with Gasteiger partial charge < -0.3 is 19.5 Å². The summed E-state index contributed by atoms with van der Waals surface area (Å²) in [6, 6.07) is 8.87. The van der Waals surface area contributed by atoms with Gasteiger partial charge in [0.15, 0.2) is 5.78 Å². The summed E-state index contributed by atoms with van der Waals surface area (Å²) in [6.45, 7) is 16.1. The van der Waals surface area contributed by atoms with Crippen molar-refractivity contribution in [3.63, 3.8) is 0 Å². The molecule has 5 aliphatic carbocycles. The molecule has 6 rings (SSSR count). The Labute approximate surface area is 322 Å². The van der Waals surface area contributed by atoms with Crippen molar-refractivity contribution in [3.8, 4) is 0 Å². The van der Waals surface area contributed by atoms with Crippen molar-refractivity contribution in [1.82, 2.24) is 5.32 Å². The van der Waals surface area contributed by atoms with Gasteiger partial charge in [-0.15, -0.1) is 0 Å². The van der Waals surface area contributed by atoms with Crippen LogP contribution in [0.15, 0.2) is 42.0 Å². The number of ether oxygens (including phenoxy) is 3. The highest BCUT2D eigenvalue weighted by atomic mass is 16.5. The third-order valence-corrected chi connectivity index (χ3v) is 16.3. The number of fused-ring (bicyclic) bond motifs is 7. The highest BCUT2D eigenvalue weighted by Crippen LogP contribution is 2.75. The van der Waals surface area contributed by atoms with Gasteiger partial charge in [0.2, 0.25) is 5.91 Å². The van der Waals surface area contributed by atoms with E-state index in [0.29, 0.717) is 12.8 Å². The third-order valence-electron chi connectivity index (χ3n) is 16.3. The van der Waals surface area contributed by atoms with Gasteiger partial charge in [-0.3, -0.25) is 19.2 Å². The van der Waals surface area contributed by atoms with Crippen LogP contribution >= 0.6 is 0 Å². The molecule has 9 heteroatoms. The molecular formula is C45H63NO8. The number of carbonyl (C=O) groups excluding carboxylic acids is 5. The second kappa shape index (κ2) is 14.2. The molecule has 0 spiro atoms. The van der Waals surface area contributed by atoms with E-state index in [1.165, 1.54) is 19.8 Å². The maximum atomic E-state index is 14.9. The molecule has 9 nitrogen and oxygen atoms in total. The fraction of sp³-hybridized carbons (Fsp3) is 0.711. The van der Waals surface area contributed by atoms with Gasteiger partial charge in [0.1, 0.15) is 12.6 Å². The summed E-state index contributed by atoms with van der Waals surface area (Å²) in [5.74, 6) is -1.56. The highest BCUT2D eigenvalue weighted by Gasteiger charge is 2.70. The maximum absolute atomic E-state index is 14.9. The molecule has 5 aliphatic rings. The third kappa shape index (κ3) is 6.43. The highest BCUT2D eigenvalue weighted by molar-refractivity contribution is 5.96. The Kier molecular flexibility index (Phi) is 10.6. The molecule has 1 amide bonds. The number of amides is 1. The summed E-state index contributed by atoms with van der Waals surface area (Å²) in [5.41, 5.74) is 0.340. The summed E-state index contributed by atoms with van der Waals surface area (Å²) >= 11 is 0. The predicted molar refractivity (Wildman–Crippen MR) is 204 cm³/mol. The number of carbonyl (C=O) groups is 5. The first-order valence-electron chi connectivity index (χ1n) is 20.2. The van der Waals surface area contributed by atoms with E-state index in [0.717, 1.165) is 50.5 Å². The first-order valence-corrected chi connectivity index (χ1v) is 20.2. The number of esters is 3. The largest absolute Gasteiger partial charge is 0.469 e. The van der Waals surface area contributed by atoms with Crippen LogP contribution in [0.2, 0.25) is 0 Å². The number of hydrogen-bond acceptors (Lipinski definition) is 8. The van der Waals surface area contributed by atoms with E-state index < -0.39 is 28.8 Å². The Bertz CT molecular complexity index is 1700. The molecule has 54 heavy (non-hydrogen) atoms. The van der Waals surface area contributed by atoms with Crippen LogP contribution in [0.25, 0.3) is 0 Å². The number of nitrogens with one attached hydrogen (secondary N) is 1. The van der Waals surface area contributed by atoms with Gasteiger partial charge in [0.25, 0.3) is 0 Å². The van der Waals surface area contributed by atoms with Gasteiger partial charge >= 0.3 is 17.9 Å². The van der Waals surface area contributed by atoms with E-state index in [1.54, 1.807) is 0 Å². The zero-order valence-corrected chi connectivity index (χ0v) is 34.1. The SMILES string of the molecule is COC(=O)CC[C@H](NC(=O)[C@H]1CC[C@]2(C)[C@H]3C(=O)C=C4[C@@H]5C[C@@](C)(C(=O)OCc6ccccc6)CC[C@]5(C)CC[C@@]4(C)[C@]3(C)CC[C@H]2C1(C)C)C(=O)OC. The fourth-order valence-corrected chi connectivity index (χ4v) is 12.8. The fourth-order valence-electron chi connectivity index (χ4n) is 12.8. The van der Waals surface area contributed by atoms with Crippen LogP contribution in [0.5, 0.6) is 0 Å². The zero-order valence-electron chi connectivity index (χ0n) is 34.1. The summed E-state index contributed by atoms with van der Waals surface area (Å²) < 4.78 is 15.7. The lowest BCUT2D eigenvalue weighted by atomic mass is 9.33. The molecule has 0 saturated heterocycles. The molecule has 0 heterocycles. The first-order chi connectivity index (χ1) is 25.3. The number of ketones is 1. The molecule has 4 saturated carbocycles. The maximum Gasteiger partial charge on any atom is 0.328 e. The molecule has 0 bridgehead atoms. The smallest absolute Gasteiger partial charge is 0.328 e. The van der Waals surface area contributed by atoms with Crippen LogP contribution in [0.1, 0.15) is 125 Å². The average molecular weight is 746 g/mol. The summed E-state index contributed by atoms with van der Waals surface area (Å²) in [7, 11) is 2.57. The van der Waals surface area contributed by atoms with E-state index in [-0.39, 0.29) is 82.4 Å². The Balaban J connectivity index is 1.25. The zero-order chi connectivity index (χ0) is 39.5. The van der Waals surface area contributed by atoms with Crippen molar-refractivity contribution < 1.29 is 38.2 Å². The monoisotopic (exact) mass is 745 g/mol. The number of methoxy groups -OCH3 is 2. The molecule has 0 unspecified atom stereocenters. The molecule has 0 radical (unpaired) electrons. The molecule has 0 aliphatic heterocycles. The minimum Gasteiger partial charge on any atom is -0.469 e. The van der Waals surface area contributed by atoms with Gasteiger partial charge in [-0.25, -0.2) is 4.79 Å². The molecule has 10 atom stereocenters. The average Bonchev–Trinajstić information content (AvgIpc) is 3.13. The lowest BCUT2D eigenvalue weighted by molar-refractivity contribution is -0.195. The predicted octanol–water partition coefficient (Wildman–Crippen LogP) is 7.94. The van der Waals surface area contributed by atoms with Crippen molar-refractivity contribution in [2.45, 2.75) is 132 Å². The van der Waals surface area contributed by atoms with E-state index >= 15 is 0 Å². The van der Waals surface area contributed by atoms with Gasteiger partial charge in [0, 0.05) is 18.3 Å². The Morgan fingerprint density at radius 3 is 2.20 bits per heavy atom. The summed E-state index contributed by atoms with van der Waals surface area (Å²) in [6.07, 6.45) is 9.64. The lowest BCUT2D eigenvalue weighted by Gasteiger charge is -2.70. The molecule has 4 fully saturated rings. The Hall–Kier alpha value is -3.49. The number of rotatable bonds is 9. The number of benzene rings is 1. The van der Waals surface area contributed by atoms with E-state index in [1.807, 2.05) is 36.4 Å². The Morgan fingerprint density at radius 1 is 0.852 bits per heavy atom. The molecule has 1 N–H and O–H groups in total. The molecule has 1 aromatic rings. The van der Waals surface area contributed by atoms with Crippen LogP contribution in [0.4, 0.5) is 0 Å². The van der Waals surface area contributed by atoms with E-state index in [4.69, 9.17) is 14.2 Å². The number of hydrogen-bond donors (Lipinski definition) is 1. The van der Waals surface area contributed by atoms with Crippen LogP contribution in [0, 0.1) is 56.2 Å². The normalized spacial score (nSPS) is 38.5. The van der Waals surface area contributed by atoms with E-state index in [9.17, 15) is 24.0 Å². The van der Waals surface area contributed by atoms with Crippen LogP contribution in [0.3, 0.4) is 0 Å².